The van der Waals surface area contributed by atoms with Crippen LogP contribution in [0.1, 0.15) is 35.7 Å². The normalized spacial score (nSPS) is 18.2. The Bertz CT molecular complexity index is 945. The van der Waals surface area contributed by atoms with Crippen molar-refractivity contribution in [1.82, 2.24) is 10.2 Å². The second-order valence-electron chi connectivity index (χ2n) is 7.66. The summed E-state index contributed by atoms with van der Waals surface area (Å²) in [7, 11) is 0. The van der Waals surface area contributed by atoms with Gasteiger partial charge in [-0.15, -0.1) is 0 Å². The molecule has 1 saturated heterocycles. The Morgan fingerprint density at radius 3 is 2.83 bits per heavy atom. The average Bonchev–Trinajstić information content (AvgIpc) is 3.42. The van der Waals surface area contributed by atoms with Gasteiger partial charge in [0.15, 0.2) is 11.5 Å². The topological polar surface area (TPSA) is 77.1 Å². The van der Waals surface area contributed by atoms with E-state index in [1.54, 1.807) is 23.1 Å². The van der Waals surface area contributed by atoms with Crippen molar-refractivity contribution < 1.29 is 23.8 Å². The van der Waals surface area contributed by atoms with Crippen LogP contribution < -0.4 is 19.5 Å². The van der Waals surface area contributed by atoms with E-state index in [2.05, 4.69) is 5.32 Å². The number of hydrogen-bond donors (Lipinski definition) is 1. The molecule has 0 bridgehead atoms. The quantitative estimate of drug-likeness (QED) is 0.792. The molecule has 0 radical (unpaired) electrons. The number of nitrogens with one attached hydrogen (secondary N) is 1. The first-order chi connectivity index (χ1) is 14.5. The van der Waals surface area contributed by atoms with Crippen LogP contribution in [0.4, 0.5) is 0 Å². The number of amides is 2. The molecular weight excluding hydrogens is 384 g/mol. The van der Waals surface area contributed by atoms with Gasteiger partial charge in [-0.1, -0.05) is 18.2 Å². The van der Waals surface area contributed by atoms with Crippen molar-refractivity contribution in [2.75, 3.05) is 19.9 Å². The molecule has 0 aromatic heterocycles. The lowest BCUT2D eigenvalue weighted by Gasteiger charge is -2.25. The lowest BCUT2D eigenvalue weighted by atomic mass is 10.1. The third kappa shape index (κ3) is 4.20. The van der Waals surface area contributed by atoms with E-state index >= 15 is 0 Å². The van der Waals surface area contributed by atoms with Gasteiger partial charge < -0.3 is 24.4 Å². The summed E-state index contributed by atoms with van der Waals surface area (Å²) < 4.78 is 16.6. The molecule has 4 rings (SSSR count). The van der Waals surface area contributed by atoms with Gasteiger partial charge in [0.25, 0.3) is 5.91 Å². The number of carbonyl (C=O) groups is 2. The molecule has 1 fully saturated rings. The zero-order chi connectivity index (χ0) is 21.1. The number of likely N-dealkylation sites (tertiary alicyclic amines) is 1. The molecule has 0 unspecified atom stereocenters. The highest BCUT2D eigenvalue weighted by Crippen LogP contribution is 2.33. The predicted molar refractivity (Wildman–Crippen MR) is 111 cm³/mol. The lowest BCUT2D eigenvalue weighted by Crippen LogP contribution is -2.47. The van der Waals surface area contributed by atoms with Gasteiger partial charge in [0, 0.05) is 12.1 Å². The molecule has 2 atom stereocenters. The number of benzene rings is 2. The number of carbonyl (C=O) groups excluding carboxylic acids is 2. The van der Waals surface area contributed by atoms with E-state index in [1.807, 2.05) is 38.1 Å². The van der Waals surface area contributed by atoms with Crippen LogP contribution >= 0.6 is 0 Å². The van der Waals surface area contributed by atoms with Crippen molar-refractivity contribution in [2.45, 2.75) is 38.8 Å². The Balaban J connectivity index is 1.35. The molecular formula is C23H26N2O5. The Kier molecular flexibility index (Phi) is 5.79. The first kappa shape index (κ1) is 20.1. The number of aryl methyl sites for hydroxylation is 1. The summed E-state index contributed by atoms with van der Waals surface area (Å²) in [5.41, 5.74) is 1.54. The van der Waals surface area contributed by atoms with E-state index in [9.17, 15) is 9.59 Å². The van der Waals surface area contributed by atoms with Gasteiger partial charge in [-0.3, -0.25) is 9.59 Å². The van der Waals surface area contributed by atoms with Crippen molar-refractivity contribution >= 4 is 11.8 Å². The molecule has 0 spiro atoms. The first-order valence-electron chi connectivity index (χ1n) is 10.2. The van der Waals surface area contributed by atoms with Crippen LogP contribution in [0.3, 0.4) is 0 Å². The third-order valence-electron chi connectivity index (χ3n) is 5.42. The van der Waals surface area contributed by atoms with E-state index in [0.29, 0.717) is 36.6 Å². The highest BCUT2D eigenvalue weighted by atomic mass is 16.7. The number of fused-ring (bicyclic) bond motifs is 1. The summed E-state index contributed by atoms with van der Waals surface area (Å²) in [6, 6.07) is 12.4. The van der Waals surface area contributed by atoms with E-state index < -0.39 is 6.04 Å². The van der Waals surface area contributed by atoms with Crippen LogP contribution in [0, 0.1) is 6.92 Å². The highest BCUT2D eigenvalue weighted by Gasteiger charge is 2.35. The zero-order valence-electron chi connectivity index (χ0n) is 17.2. The highest BCUT2D eigenvalue weighted by molar-refractivity contribution is 5.98. The number of nitrogens with zero attached hydrogens (tertiary/aromatic N) is 1. The zero-order valence-corrected chi connectivity index (χ0v) is 17.2. The van der Waals surface area contributed by atoms with Gasteiger partial charge in [0.1, 0.15) is 17.9 Å². The smallest absolute Gasteiger partial charge is 0.254 e. The molecule has 7 heteroatoms. The molecule has 2 aromatic rings. The molecule has 1 N–H and O–H groups in total. The fourth-order valence-corrected chi connectivity index (χ4v) is 3.79. The van der Waals surface area contributed by atoms with Gasteiger partial charge in [-0.05, 0) is 56.5 Å². The minimum absolute atomic E-state index is 0.151. The van der Waals surface area contributed by atoms with Gasteiger partial charge in [0.2, 0.25) is 12.7 Å². The fraction of sp³-hybridized carbons (Fsp3) is 0.391. The van der Waals surface area contributed by atoms with E-state index in [1.165, 1.54) is 0 Å². The Hall–Kier alpha value is -3.22. The van der Waals surface area contributed by atoms with Crippen LogP contribution in [0.15, 0.2) is 42.5 Å². The SMILES string of the molecule is Cc1ccccc1O[C@H](C)CNC(=O)[C@H]1CCCN1C(=O)c1ccc2c(c1)OCO2. The second-order valence-corrected chi connectivity index (χ2v) is 7.66. The summed E-state index contributed by atoms with van der Waals surface area (Å²) in [5.74, 6) is 1.67. The van der Waals surface area contributed by atoms with Crippen LogP contribution in [0.2, 0.25) is 0 Å². The third-order valence-corrected chi connectivity index (χ3v) is 5.42. The number of para-hydroxylation sites is 1. The summed E-state index contributed by atoms with van der Waals surface area (Å²) in [5, 5.41) is 2.94. The van der Waals surface area contributed by atoms with Gasteiger partial charge in [-0.25, -0.2) is 0 Å². The van der Waals surface area contributed by atoms with E-state index in [4.69, 9.17) is 14.2 Å². The summed E-state index contributed by atoms with van der Waals surface area (Å²) >= 11 is 0. The Morgan fingerprint density at radius 1 is 1.20 bits per heavy atom. The minimum atomic E-state index is -0.478. The van der Waals surface area contributed by atoms with Gasteiger partial charge in [-0.2, -0.15) is 0 Å². The molecule has 7 nitrogen and oxygen atoms in total. The maximum absolute atomic E-state index is 13.0. The Labute approximate surface area is 175 Å². The van der Waals surface area contributed by atoms with Gasteiger partial charge >= 0.3 is 0 Å². The van der Waals surface area contributed by atoms with Crippen LogP contribution in [-0.2, 0) is 4.79 Å². The molecule has 2 aliphatic rings. The fourth-order valence-electron chi connectivity index (χ4n) is 3.79. The van der Waals surface area contributed by atoms with Crippen molar-refractivity contribution in [1.29, 1.82) is 0 Å². The molecule has 2 aliphatic heterocycles. The number of ether oxygens (including phenoxy) is 3. The van der Waals surface area contributed by atoms with Crippen molar-refractivity contribution in [3.63, 3.8) is 0 Å². The summed E-state index contributed by atoms with van der Waals surface area (Å²) in [6.45, 7) is 4.98. The van der Waals surface area contributed by atoms with Gasteiger partial charge in [0.05, 0.1) is 6.54 Å². The summed E-state index contributed by atoms with van der Waals surface area (Å²) in [6.07, 6.45) is 1.26. The maximum Gasteiger partial charge on any atom is 0.254 e. The molecule has 0 aliphatic carbocycles. The molecule has 2 aromatic carbocycles. The lowest BCUT2D eigenvalue weighted by molar-refractivity contribution is -0.125. The van der Waals surface area contributed by atoms with Crippen LogP contribution in [-0.4, -0.2) is 48.7 Å². The largest absolute Gasteiger partial charge is 0.489 e. The van der Waals surface area contributed by atoms with Crippen molar-refractivity contribution in [2.24, 2.45) is 0 Å². The number of hydrogen-bond acceptors (Lipinski definition) is 5. The molecule has 30 heavy (non-hydrogen) atoms. The monoisotopic (exact) mass is 410 g/mol. The molecule has 2 amide bonds. The molecule has 158 valence electrons. The Morgan fingerprint density at radius 2 is 2.00 bits per heavy atom. The maximum atomic E-state index is 13.0. The van der Waals surface area contributed by atoms with E-state index in [0.717, 1.165) is 17.7 Å². The van der Waals surface area contributed by atoms with Crippen molar-refractivity contribution in [3.05, 3.63) is 53.6 Å². The number of rotatable bonds is 6. The molecule has 2 heterocycles. The summed E-state index contributed by atoms with van der Waals surface area (Å²) in [4.78, 5) is 27.4. The van der Waals surface area contributed by atoms with E-state index in [-0.39, 0.29) is 24.7 Å². The predicted octanol–water partition coefficient (Wildman–Crippen LogP) is 2.91. The second kappa shape index (κ2) is 8.65. The average molecular weight is 410 g/mol. The van der Waals surface area contributed by atoms with Crippen LogP contribution in [0.5, 0.6) is 17.2 Å². The van der Waals surface area contributed by atoms with Crippen molar-refractivity contribution in [3.8, 4) is 17.2 Å². The molecule has 0 saturated carbocycles. The first-order valence-corrected chi connectivity index (χ1v) is 10.2. The minimum Gasteiger partial charge on any atom is -0.489 e. The standard InChI is InChI=1S/C23H26N2O5/c1-15-6-3-4-8-19(15)30-16(2)13-24-22(26)18-7-5-11-25(18)23(27)17-9-10-20-21(12-17)29-14-28-20/h3-4,6,8-10,12,16,18H,5,7,11,13-14H2,1-2H3,(H,24,26)/t16-,18-/m1/s1. The van der Waals surface area contributed by atoms with Crippen LogP contribution in [0.25, 0.3) is 0 Å².